The lowest BCUT2D eigenvalue weighted by Gasteiger charge is -2.09. The van der Waals surface area contributed by atoms with Crippen molar-refractivity contribution in [2.75, 3.05) is 0 Å². The van der Waals surface area contributed by atoms with Crippen molar-refractivity contribution in [3.8, 4) is 6.07 Å². The average Bonchev–Trinajstić information content (AvgIpc) is 2.18. The third-order valence-corrected chi connectivity index (χ3v) is 1.88. The molecule has 1 amide bonds. The van der Waals surface area contributed by atoms with Crippen LogP contribution in [0.3, 0.4) is 0 Å². The van der Waals surface area contributed by atoms with E-state index in [1.807, 2.05) is 6.07 Å². The topological polar surface area (TPSA) is 52.9 Å². The van der Waals surface area contributed by atoms with Gasteiger partial charge in [0.1, 0.15) is 5.82 Å². The molecule has 3 nitrogen and oxygen atoms in total. The summed E-state index contributed by atoms with van der Waals surface area (Å²) in [4.78, 5) is 11.5. The standard InChI is InChI=1S/C11H11FN2O/c1-8(6-7-13)14-11(15)9-2-4-10(12)5-3-9/h2-5,8H,6H2,1H3,(H,14,15). The number of carbonyl (C=O) groups excluding carboxylic acids is 1. The molecule has 1 atom stereocenters. The van der Waals surface area contributed by atoms with Gasteiger partial charge in [0, 0.05) is 11.6 Å². The maximum atomic E-state index is 12.6. The molecule has 4 heteroatoms. The predicted molar refractivity (Wildman–Crippen MR) is 53.6 cm³/mol. The number of halogens is 1. The summed E-state index contributed by atoms with van der Waals surface area (Å²) in [6.45, 7) is 1.74. The number of nitriles is 1. The Kier molecular flexibility index (Phi) is 3.81. The molecule has 1 aromatic carbocycles. The highest BCUT2D eigenvalue weighted by Gasteiger charge is 2.08. The first-order valence-electron chi connectivity index (χ1n) is 4.57. The van der Waals surface area contributed by atoms with Crippen molar-refractivity contribution >= 4 is 5.91 Å². The molecule has 0 spiro atoms. The molecule has 0 saturated carbocycles. The minimum absolute atomic E-state index is 0.201. The quantitative estimate of drug-likeness (QED) is 0.820. The van der Waals surface area contributed by atoms with E-state index in [0.717, 1.165) is 0 Å². The molecule has 0 aliphatic heterocycles. The van der Waals surface area contributed by atoms with Gasteiger partial charge in [-0.3, -0.25) is 4.79 Å². The zero-order valence-electron chi connectivity index (χ0n) is 8.33. The summed E-state index contributed by atoms with van der Waals surface area (Å²) in [5.41, 5.74) is 0.390. The molecule has 15 heavy (non-hydrogen) atoms. The third-order valence-electron chi connectivity index (χ3n) is 1.88. The minimum Gasteiger partial charge on any atom is -0.349 e. The third kappa shape index (κ3) is 3.39. The molecular formula is C11H11FN2O. The first-order valence-corrected chi connectivity index (χ1v) is 4.57. The van der Waals surface area contributed by atoms with E-state index in [1.54, 1.807) is 6.92 Å². The van der Waals surface area contributed by atoms with E-state index in [0.29, 0.717) is 5.56 Å². The SMILES string of the molecule is CC(CC#N)NC(=O)c1ccc(F)cc1. The second kappa shape index (κ2) is 5.11. The van der Waals surface area contributed by atoms with Gasteiger partial charge in [-0.25, -0.2) is 4.39 Å². The van der Waals surface area contributed by atoms with Crippen LogP contribution in [0.15, 0.2) is 24.3 Å². The van der Waals surface area contributed by atoms with Crippen molar-refractivity contribution in [1.29, 1.82) is 5.26 Å². The second-order valence-electron chi connectivity index (χ2n) is 3.24. The van der Waals surface area contributed by atoms with Crippen LogP contribution in [0.5, 0.6) is 0 Å². The molecule has 1 rings (SSSR count). The summed E-state index contributed by atoms with van der Waals surface area (Å²) in [5, 5.41) is 11.0. The van der Waals surface area contributed by atoms with Crippen LogP contribution >= 0.6 is 0 Å². The van der Waals surface area contributed by atoms with Crippen LogP contribution in [-0.2, 0) is 0 Å². The molecule has 0 aromatic heterocycles. The molecule has 1 aromatic rings. The Morgan fingerprint density at radius 2 is 2.13 bits per heavy atom. The smallest absolute Gasteiger partial charge is 0.251 e. The maximum Gasteiger partial charge on any atom is 0.251 e. The van der Waals surface area contributed by atoms with Crippen LogP contribution in [0.2, 0.25) is 0 Å². The zero-order valence-corrected chi connectivity index (χ0v) is 8.33. The van der Waals surface area contributed by atoms with E-state index >= 15 is 0 Å². The number of nitrogens with one attached hydrogen (secondary N) is 1. The van der Waals surface area contributed by atoms with Gasteiger partial charge in [-0.1, -0.05) is 0 Å². The van der Waals surface area contributed by atoms with Crippen molar-refractivity contribution in [2.45, 2.75) is 19.4 Å². The fourth-order valence-corrected chi connectivity index (χ4v) is 1.10. The van der Waals surface area contributed by atoms with Gasteiger partial charge in [0.05, 0.1) is 12.5 Å². The fraction of sp³-hybridized carbons (Fsp3) is 0.273. The molecule has 0 heterocycles. The molecule has 0 aliphatic carbocycles. The van der Waals surface area contributed by atoms with E-state index in [4.69, 9.17) is 5.26 Å². The number of hydrogen-bond donors (Lipinski definition) is 1. The lowest BCUT2D eigenvalue weighted by Crippen LogP contribution is -2.32. The molecule has 0 radical (unpaired) electrons. The Balaban J connectivity index is 2.62. The summed E-state index contributed by atoms with van der Waals surface area (Å²) in [6, 6.07) is 7.02. The Morgan fingerprint density at radius 3 is 2.67 bits per heavy atom. The number of amides is 1. The number of benzene rings is 1. The predicted octanol–water partition coefficient (Wildman–Crippen LogP) is 1.86. The zero-order chi connectivity index (χ0) is 11.3. The Labute approximate surface area is 87.5 Å². The maximum absolute atomic E-state index is 12.6. The Bertz CT molecular complexity index is 381. The van der Waals surface area contributed by atoms with Gasteiger partial charge in [-0.15, -0.1) is 0 Å². The lowest BCUT2D eigenvalue weighted by molar-refractivity contribution is 0.0941. The molecule has 0 fully saturated rings. The number of carbonyl (C=O) groups is 1. The van der Waals surface area contributed by atoms with Crippen LogP contribution in [0.25, 0.3) is 0 Å². The highest BCUT2D eigenvalue weighted by Crippen LogP contribution is 2.03. The van der Waals surface area contributed by atoms with Gasteiger partial charge >= 0.3 is 0 Å². The largest absolute Gasteiger partial charge is 0.349 e. The van der Waals surface area contributed by atoms with Crippen LogP contribution in [0.1, 0.15) is 23.7 Å². The Hall–Kier alpha value is -1.89. The number of rotatable bonds is 3. The number of hydrogen-bond acceptors (Lipinski definition) is 2. The highest BCUT2D eigenvalue weighted by molar-refractivity contribution is 5.94. The van der Waals surface area contributed by atoms with Crippen LogP contribution in [0, 0.1) is 17.1 Å². The molecule has 0 saturated heterocycles. The van der Waals surface area contributed by atoms with Crippen molar-refractivity contribution in [1.82, 2.24) is 5.32 Å². The minimum atomic E-state index is -0.378. The summed E-state index contributed by atoms with van der Waals surface area (Å²) < 4.78 is 12.6. The van der Waals surface area contributed by atoms with Gasteiger partial charge in [0.25, 0.3) is 5.91 Å². The van der Waals surface area contributed by atoms with Crippen LogP contribution in [0.4, 0.5) is 4.39 Å². The van der Waals surface area contributed by atoms with E-state index < -0.39 is 0 Å². The first-order chi connectivity index (χ1) is 7.13. The molecular weight excluding hydrogens is 195 g/mol. The monoisotopic (exact) mass is 206 g/mol. The molecule has 1 N–H and O–H groups in total. The lowest BCUT2D eigenvalue weighted by atomic mass is 10.2. The molecule has 1 unspecified atom stereocenters. The summed E-state index contributed by atoms with van der Waals surface area (Å²) in [7, 11) is 0. The van der Waals surface area contributed by atoms with E-state index in [1.165, 1.54) is 24.3 Å². The van der Waals surface area contributed by atoms with Crippen LogP contribution in [-0.4, -0.2) is 11.9 Å². The van der Waals surface area contributed by atoms with Gasteiger partial charge in [0.2, 0.25) is 0 Å². The molecule has 0 bridgehead atoms. The van der Waals surface area contributed by atoms with E-state index in [9.17, 15) is 9.18 Å². The highest BCUT2D eigenvalue weighted by atomic mass is 19.1. The van der Waals surface area contributed by atoms with Crippen molar-refractivity contribution in [3.05, 3.63) is 35.6 Å². The molecule has 78 valence electrons. The second-order valence-corrected chi connectivity index (χ2v) is 3.24. The molecule has 0 aliphatic rings. The summed E-state index contributed by atoms with van der Waals surface area (Å²) >= 11 is 0. The number of nitrogens with zero attached hydrogens (tertiary/aromatic N) is 1. The normalized spacial score (nSPS) is 11.5. The fourth-order valence-electron chi connectivity index (χ4n) is 1.10. The van der Waals surface area contributed by atoms with Gasteiger partial charge in [0.15, 0.2) is 0 Å². The van der Waals surface area contributed by atoms with Gasteiger partial charge in [-0.05, 0) is 31.2 Å². The van der Waals surface area contributed by atoms with Gasteiger partial charge < -0.3 is 5.32 Å². The van der Waals surface area contributed by atoms with E-state index in [2.05, 4.69) is 5.32 Å². The first kappa shape index (κ1) is 11.2. The van der Waals surface area contributed by atoms with Gasteiger partial charge in [-0.2, -0.15) is 5.26 Å². The van der Waals surface area contributed by atoms with Crippen LogP contribution < -0.4 is 5.32 Å². The van der Waals surface area contributed by atoms with E-state index in [-0.39, 0.29) is 24.2 Å². The summed E-state index contributed by atoms with van der Waals surface area (Å²) in [5.74, 6) is -0.672. The average molecular weight is 206 g/mol. The van der Waals surface area contributed by atoms with Crippen molar-refractivity contribution < 1.29 is 9.18 Å². The Morgan fingerprint density at radius 1 is 1.53 bits per heavy atom. The van der Waals surface area contributed by atoms with Crippen molar-refractivity contribution in [3.63, 3.8) is 0 Å². The summed E-state index contributed by atoms with van der Waals surface area (Å²) in [6.07, 6.45) is 0.257. The van der Waals surface area contributed by atoms with Crippen molar-refractivity contribution in [2.24, 2.45) is 0 Å².